The third-order valence-electron chi connectivity index (χ3n) is 3.76. The zero-order valence-electron chi connectivity index (χ0n) is 10.2. The van der Waals surface area contributed by atoms with Crippen LogP contribution in [0.3, 0.4) is 0 Å². The second-order valence-corrected chi connectivity index (χ2v) is 6.01. The van der Waals surface area contributed by atoms with Crippen molar-refractivity contribution in [3.8, 4) is 0 Å². The summed E-state index contributed by atoms with van der Waals surface area (Å²) in [5, 5.41) is 8.70. The molecule has 0 heterocycles. The third kappa shape index (κ3) is 2.83. The molecule has 0 amide bonds. The molecule has 1 N–H and O–H groups in total. The van der Waals surface area contributed by atoms with E-state index in [2.05, 4.69) is 27.7 Å². The Kier molecular flexibility index (Phi) is 3.27. The van der Waals surface area contributed by atoms with Crippen molar-refractivity contribution in [2.24, 2.45) is 16.7 Å². The zero-order chi connectivity index (χ0) is 11.7. The first-order valence-electron chi connectivity index (χ1n) is 5.67. The lowest BCUT2D eigenvalue weighted by molar-refractivity contribution is -0.131. The molecular formula is C13H22O2. The van der Waals surface area contributed by atoms with Gasteiger partial charge in [0.05, 0.1) is 0 Å². The van der Waals surface area contributed by atoms with Crippen LogP contribution < -0.4 is 0 Å². The van der Waals surface area contributed by atoms with E-state index in [0.717, 1.165) is 0 Å². The maximum atomic E-state index is 10.6. The van der Waals surface area contributed by atoms with Gasteiger partial charge >= 0.3 is 5.97 Å². The Morgan fingerprint density at radius 3 is 2.07 bits per heavy atom. The van der Waals surface area contributed by atoms with Crippen molar-refractivity contribution < 1.29 is 9.90 Å². The first-order valence-corrected chi connectivity index (χ1v) is 5.67. The van der Waals surface area contributed by atoms with Crippen molar-refractivity contribution in [3.63, 3.8) is 0 Å². The fraction of sp³-hybridized carbons (Fsp3) is 0.769. The molecule has 1 aliphatic rings. The first kappa shape index (κ1) is 12.3. The quantitative estimate of drug-likeness (QED) is 0.708. The van der Waals surface area contributed by atoms with Gasteiger partial charge in [0.25, 0.3) is 0 Å². The Labute approximate surface area is 92.4 Å². The molecule has 0 spiro atoms. The molecule has 1 rings (SSSR count). The minimum Gasteiger partial charge on any atom is -0.478 e. The minimum absolute atomic E-state index is 0.216. The average molecular weight is 210 g/mol. The molecule has 0 aromatic heterocycles. The van der Waals surface area contributed by atoms with Gasteiger partial charge in [-0.1, -0.05) is 40.2 Å². The van der Waals surface area contributed by atoms with Crippen LogP contribution in [0.5, 0.6) is 0 Å². The van der Waals surface area contributed by atoms with Crippen LogP contribution in [0.25, 0.3) is 0 Å². The number of aliphatic carboxylic acids is 1. The van der Waals surface area contributed by atoms with E-state index in [9.17, 15) is 4.79 Å². The lowest BCUT2D eigenvalue weighted by atomic mass is 9.57. The molecule has 0 radical (unpaired) electrons. The topological polar surface area (TPSA) is 37.3 Å². The number of carbonyl (C=O) groups is 1. The fourth-order valence-corrected chi connectivity index (χ4v) is 3.07. The molecule has 0 aromatic carbocycles. The summed E-state index contributed by atoms with van der Waals surface area (Å²) in [5.41, 5.74) is 0.432. The molecule has 0 bridgehead atoms. The zero-order valence-corrected chi connectivity index (χ0v) is 10.2. The summed E-state index contributed by atoms with van der Waals surface area (Å²) in [7, 11) is 0. The highest BCUT2D eigenvalue weighted by molar-refractivity contribution is 5.79. The van der Waals surface area contributed by atoms with E-state index in [-0.39, 0.29) is 10.8 Å². The fourth-order valence-electron chi connectivity index (χ4n) is 3.07. The van der Waals surface area contributed by atoms with Gasteiger partial charge in [-0.3, -0.25) is 0 Å². The van der Waals surface area contributed by atoms with Gasteiger partial charge in [-0.05, 0) is 29.6 Å². The number of allylic oxidation sites excluding steroid dienone is 1. The van der Waals surface area contributed by atoms with E-state index in [4.69, 9.17) is 5.11 Å². The van der Waals surface area contributed by atoms with Crippen LogP contribution in [0.2, 0.25) is 0 Å². The molecule has 0 saturated heterocycles. The minimum atomic E-state index is -0.841. The van der Waals surface area contributed by atoms with Gasteiger partial charge in [0.15, 0.2) is 0 Å². The highest BCUT2D eigenvalue weighted by Gasteiger charge is 2.42. The normalized spacial score (nSPS) is 25.6. The lowest BCUT2D eigenvalue weighted by Crippen LogP contribution is -2.39. The highest BCUT2D eigenvalue weighted by Crippen LogP contribution is 2.51. The van der Waals surface area contributed by atoms with Crippen LogP contribution in [0.4, 0.5) is 0 Å². The average Bonchev–Trinajstić information content (AvgIpc) is 1.99. The van der Waals surface area contributed by atoms with Gasteiger partial charge in [0.1, 0.15) is 0 Å². The number of hydrogen-bond donors (Lipinski definition) is 1. The van der Waals surface area contributed by atoms with Gasteiger partial charge in [0.2, 0.25) is 0 Å². The number of carboxylic acid groups (broad SMARTS) is 1. The van der Waals surface area contributed by atoms with Crippen LogP contribution in [-0.2, 0) is 4.79 Å². The smallest absolute Gasteiger partial charge is 0.327 e. The van der Waals surface area contributed by atoms with Crippen molar-refractivity contribution in [3.05, 3.63) is 12.2 Å². The molecule has 2 heteroatoms. The predicted octanol–water partition coefficient (Wildman–Crippen LogP) is 3.48. The summed E-state index contributed by atoms with van der Waals surface area (Å²) >= 11 is 0. The third-order valence-corrected chi connectivity index (χ3v) is 3.76. The predicted molar refractivity (Wildman–Crippen MR) is 61.7 cm³/mol. The number of carboxylic acids is 1. The Bertz CT molecular complexity index is 258. The van der Waals surface area contributed by atoms with Crippen LogP contribution in [0, 0.1) is 16.7 Å². The molecule has 2 nitrogen and oxygen atoms in total. The highest BCUT2D eigenvalue weighted by atomic mass is 16.4. The van der Waals surface area contributed by atoms with E-state index in [0.29, 0.717) is 5.92 Å². The molecule has 0 aromatic rings. The molecule has 86 valence electrons. The van der Waals surface area contributed by atoms with E-state index in [1.54, 1.807) is 0 Å². The largest absolute Gasteiger partial charge is 0.478 e. The van der Waals surface area contributed by atoms with Crippen molar-refractivity contribution >= 4 is 5.97 Å². The summed E-state index contributed by atoms with van der Waals surface area (Å²) in [6.07, 6.45) is 6.81. The van der Waals surface area contributed by atoms with E-state index < -0.39 is 5.97 Å². The van der Waals surface area contributed by atoms with Gasteiger partial charge in [0, 0.05) is 6.08 Å². The molecule has 15 heavy (non-hydrogen) atoms. The molecular weight excluding hydrogens is 188 g/mol. The van der Waals surface area contributed by atoms with Crippen LogP contribution in [-0.4, -0.2) is 11.1 Å². The number of hydrogen-bond acceptors (Lipinski definition) is 1. The first-order chi connectivity index (χ1) is 6.76. The summed E-state index contributed by atoms with van der Waals surface area (Å²) < 4.78 is 0. The van der Waals surface area contributed by atoms with Crippen molar-refractivity contribution in [1.29, 1.82) is 0 Å². The lowest BCUT2D eigenvalue weighted by Gasteiger charge is -2.48. The Morgan fingerprint density at radius 2 is 1.67 bits per heavy atom. The monoisotopic (exact) mass is 210 g/mol. The second kappa shape index (κ2) is 3.99. The van der Waals surface area contributed by atoms with E-state index in [1.165, 1.54) is 25.3 Å². The van der Waals surface area contributed by atoms with E-state index >= 15 is 0 Å². The van der Waals surface area contributed by atoms with Crippen LogP contribution in [0.15, 0.2) is 12.2 Å². The maximum Gasteiger partial charge on any atom is 0.327 e. The van der Waals surface area contributed by atoms with E-state index in [1.807, 2.05) is 6.08 Å². The Hall–Kier alpha value is -0.790. The molecule has 1 fully saturated rings. The Balaban J connectivity index is 2.91. The van der Waals surface area contributed by atoms with Crippen molar-refractivity contribution in [2.45, 2.75) is 47.0 Å². The van der Waals surface area contributed by atoms with Crippen LogP contribution >= 0.6 is 0 Å². The summed E-state index contributed by atoms with van der Waals surface area (Å²) in [6.45, 7) is 8.96. The van der Waals surface area contributed by atoms with Crippen LogP contribution in [0.1, 0.15) is 47.0 Å². The maximum absolute atomic E-state index is 10.6. The van der Waals surface area contributed by atoms with Gasteiger partial charge < -0.3 is 5.11 Å². The van der Waals surface area contributed by atoms with Gasteiger partial charge in [-0.2, -0.15) is 0 Å². The van der Waals surface area contributed by atoms with Gasteiger partial charge in [-0.15, -0.1) is 0 Å². The second-order valence-electron chi connectivity index (χ2n) is 6.01. The SMILES string of the molecule is CC1(C)CCCC(C)(C)C1/C=C/C(=O)O. The molecule has 0 unspecified atom stereocenters. The molecule has 1 aliphatic carbocycles. The molecule has 0 atom stereocenters. The Morgan fingerprint density at radius 1 is 1.20 bits per heavy atom. The summed E-state index contributed by atoms with van der Waals surface area (Å²) in [6, 6.07) is 0. The summed E-state index contributed by atoms with van der Waals surface area (Å²) in [4.78, 5) is 10.6. The number of rotatable bonds is 2. The van der Waals surface area contributed by atoms with Gasteiger partial charge in [-0.25, -0.2) is 4.79 Å². The standard InChI is InChI=1S/C13H22O2/c1-12(2)8-5-9-13(3,4)10(12)6-7-11(14)15/h6-7,10H,5,8-9H2,1-4H3,(H,14,15)/b7-6+. The molecule has 0 aliphatic heterocycles. The summed E-state index contributed by atoms with van der Waals surface area (Å²) in [5.74, 6) is -0.484. The van der Waals surface area contributed by atoms with Crippen molar-refractivity contribution in [1.82, 2.24) is 0 Å². The van der Waals surface area contributed by atoms with Crippen molar-refractivity contribution in [2.75, 3.05) is 0 Å². The molecule has 1 saturated carbocycles.